The van der Waals surface area contributed by atoms with Crippen LogP contribution in [0, 0.1) is 0 Å². The third-order valence-corrected chi connectivity index (χ3v) is 3.98. The summed E-state index contributed by atoms with van der Waals surface area (Å²) in [5, 5.41) is 7.19. The van der Waals surface area contributed by atoms with Gasteiger partial charge in [-0.3, -0.25) is 4.79 Å². The molecule has 1 atom stereocenters. The van der Waals surface area contributed by atoms with Crippen LogP contribution in [0.5, 0.6) is 0 Å². The number of rotatable bonds is 6. The van der Waals surface area contributed by atoms with E-state index < -0.39 is 18.0 Å². The molecule has 138 valence electrons. The fourth-order valence-corrected chi connectivity index (χ4v) is 2.53. The van der Waals surface area contributed by atoms with Crippen molar-refractivity contribution in [2.45, 2.75) is 19.6 Å². The fraction of sp³-hybridized carbons (Fsp3) is 0.158. The molecule has 1 heterocycles. The highest BCUT2D eigenvalue weighted by Gasteiger charge is 2.19. The molecule has 1 N–H and O–H groups in total. The highest BCUT2D eigenvalue weighted by molar-refractivity contribution is 6.30. The molecule has 8 heteroatoms. The average molecular weight is 385 g/mol. The summed E-state index contributed by atoms with van der Waals surface area (Å²) in [6.07, 6.45) is 2.12. The van der Waals surface area contributed by atoms with Gasteiger partial charge in [-0.25, -0.2) is 14.5 Å². The molecule has 0 bridgehead atoms. The van der Waals surface area contributed by atoms with Crippen molar-refractivity contribution in [2.24, 2.45) is 0 Å². The minimum absolute atomic E-state index is 0.361. The van der Waals surface area contributed by atoms with Crippen LogP contribution in [0.1, 0.15) is 22.8 Å². The molecule has 2 aromatic carbocycles. The molecule has 0 spiro atoms. The quantitative estimate of drug-likeness (QED) is 0.660. The second kappa shape index (κ2) is 8.46. The maximum Gasteiger partial charge on any atom is 0.338 e. The predicted octanol–water partition coefficient (Wildman–Crippen LogP) is 3.16. The number of carbonyl (C=O) groups excluding carboxylic acids is 2. The van der Waals surface area contributed by atoms with Crippen molar-refractivity contribution >= 4 is 29.2 Å². The molecule has 3 aromatic rings. The predicted molar refractivity (Wildman–Crippen MR) is 101 cm³/mol. The molecule has 1 amide bonds. The number of esters is 1. The number of nitrogens with zero attached hydrogens (tertiary/aromatic N) is 3. The molecular weight excluding hydrogens is 368 g/mol. The normalized spacial score (nSPS) is 11.6. The van der Waals surface area contributed by atoms with Gasteiger partial charge in [0.25, 0.3) is 5.91 Å². The third-order valence-electron chi connectivity index (χ3n) is 3.75. The number of aromatic nitrogens is 3. The zero-order valence-electron chi connectivity index (χ0n) is 14.5. The Morgan fingerprint density at radius 1 is 1.22 bits per heavy atom. The summed E-state index contributed by atoms with van der Waals surface area (Å²) < 4.78 is 6.91. The van der Waals surface area contributed by atoms with Crippen LogP contribution in [0.2, 0.25) is 5.02 Å². The first kappa shape index (κ1) is 18.6. The van der Waals surface area contributed by atoms with Crippen LogP contribution in [-0.2, 0) is 16.1 Å². The van der Waals surface area contributed by atoms with Gasteiger partial charge in [0, 0.05) is 10.7 Å². The lowest BCUT2D eigenvalue weighted by molar-refractivity contribution is -0.123. The van der Waals surface area contributed by atoms with Gasteiger partial charge in [0.2, 0.25) is 0 Å². The summed E-state index contributed by atoms with van der Waals surface area (Å²) >= 11 is 5.88. The first-order chi connectivity index (χ1) is 13.0. The number of hydrogen-bond donors (Lipinski definition) is 1. The first-order valence-electron chi connectivity index (χ1n) is 8.20. The highest BCUT2D eigenvalue weighted by atomic mass is 35.5. The molecule has 0 fully saturated rings. The zero-order chi connectivity index (χ0) is 19.2. The molecular formula is C19H17ClN4O3. The van der Waals surface area contributed by atoms with E-state index in [-0.39, 0.29) is 0 Å². The minimum Gasteiger partial charge on any atom is -0.449 e. The number of nitrogens with one attached hydrogen (secondary N) is 1. The monoisotopic (exact) mass is 384 g/mol. The molecule has 3 rings (SSSR count). The van der Waals surface area contributed by atoms with E-state index >= 15 is 0 Å². The molecule has 1 unspecified atom stereocenters. The van der Waals surface area contributed by atoms with Crippen molar-refractivity contribution in [3.63, 3.8) is 0 Å². The summed E-state index contributed by atoms with van der Waals surface area (Å²) in [5.74, 6) is -1.01. The number of carbonyl (C=O) groups is 2. The van der Waals surface area contributed by atoms with Crippen LogP contribution in [0.4, 0.5) is 5.69 Å². The van der Waals surface area contributed by atoms with Crippen molar-refractivity contribution in [1.29, 1.82) is 0 Å². The second-order valence-corrected chi connectivity index (χ2v) is 6.27. The molecule has 0 aliphatic heterocycles. The largest absolute Gasteiger partial charge is 0.449 e. The summed E-state index contributed by atoms with van der Waals surface area (Å²) in [4.78, 5) is 28.3. The van der Waals surface area contributed by atoms with Gasteiger partial charge in [0.1, 0.15) is 12.7 Å². The summed E-state index contributed by atoms with van der Waals surface area (Å²) in [5.41, 5.74) is 1.86. The molecule has 0 saturated heterocycles. The van der Waals surface area contributed by atoms with Gasteiger partial charge < -0.3 is 10.1 Å². The molecule has 0 radical (unpaired) electrons. The van der Waals surface area contributed by atoms with E-state index in [1.165, 1.54) is 13.3 Å². The van der Waals surface area contributed by atoms with Crippen molar-refractivity contribution in [2.75, 3.05) is 5.32 Å². The van der Waals surface area contributed by atoms with Gasteiger partial charge in [-0.05, 0) is 42.8 Å². The van der Waals surface area contributed by atoms with Crippen LogP contribution in [0.15, 0.2) is 61.2 Å². The number of hydrogen-bond acceptors (Lipinski definition) is 5. The van der Waals surface area contributed by atoms with Crippen LogP contribution in [-0.4, -0.2) is 32.7 Å². The van der Waals surface area contributed by atoms with Crippen molar-refractivity contribution < 1.29 is 14.3 Å². The van der Waals surface area contributed by atoms with Crippen molar-refractivity contribution in [1.82, 2.24) is 14.8 Å². The Bertz CT molecular complexity index is 926. The topological polar surface area (TPSA) is 86.1 Å². The molecule has 0 aliphatic rings. The number of amides is 1. The summed E-state index contributed by atoms with van der Waals surface area (Å²) in [7, 11) is 0. The lowest BCUT2D eigenvalue weighted by Gasteiger charge is -2.14. The third kappa shape index (κ3) is 5.15. The van der Waals surface area contributed by atoms with E-state index in [4.69, 9.17) is 16.3 Å². The van der Waals surface area contributed by atoms with E-state index in [0.717, 1.165) is 5.56 Å². The summed E-state index contributed by atoms with van der Waals surface area (Å²) in [6, 6.07) is 13.6. The van der Waals surface area contributed by atoms with Gasteiger partial charge in [-0.2, -0.15) is 5.10 Å². The van der Waals surface area contributed by atoms with E-state index in [2.05, 4.69) is 15.4 Å². The number of ether oxygens (including phenoxy) is 1. The van der Waals surface area contributed by atoms with Crippen LogP contribution < -0.4 is 5.32 Å². The lowest BCUT2D eigenvalue weighted by atomic mass is 10.1. The maximum absolute atomic E-state index is 12.2. The van der Waals surface area contributed by atoms with Crippen molar-refractivity contribution in [3.05, 3.63) is 77.3 Å². The molecule has 1 aromatic heterocycles. The first-order valence-corrected chi connectivity index (χ1v) is 8.58. The SMILES string of the molecule is CC(OC(=O)c1ccc(Cn2cncn2)cc1)C(=O)Nc1cccc(Cl)c1. The van der Waals surface area contributed by atoms with Crippen LogP contribution >= 0.6 is 11.6 Å². The molecule has 0 saturated carbocycles. The Labute approximate surface area is 160 Å². The lowest BCUT2D eigenvalue weighted by Crippen LogP contribution is -2.30. The van der Waals surface area contributed by atoms with E-state index in [1.807, 2.05) is 0 Å². The molecule has 0 aliphatic carbocycles. The Kier molecular flexibility index (Phi) is 5.83. The van der Waals surface area contributed by atoms with E-state index in [9.17, 15) is 9.59 Å². The Morgan fingerprint density at radius 3 is 2.67 bits per heavy atom. The Morgan fingerprint density at radius 2 is 2.00 bits per heavy atom. The fourth-order valence-electron chi connectivity index (χ4n) is 2.34. The maximum atomic E-state index is 12.2. The smallest absolute Gasteiger partial charge is 0.338 e. The Hall–Kier alpha value is -3.19. The van der Waals surface area contributed by atoms with Gasteiger partial charge in [-0.15, -0.1) is 0 Å². The van der Waals surface area contributed by atoms with E-state index in [0.29, 0.717) is 22.8 Å². The standard InChI is InChI=1S/C19H17ClN4O3/c1-13(18(25)23-17-4-2-3-16(20)9-17)27-19(26)15-7-5-14(6-8-15)10-24-12-21-11-22-24/h2-9,11-13H,10H2,1H3,(H,23,25). The van der Waals surface area contributed by atoms with E-state index in [1.54, 1.807) is 59.5 Å². The highest BCUT2D eigenvalue weighted by Crippen LogP contribution is 2.16. The van der Waals surface area contributed by atoms with Gasteiger partial charge >= 0.3 is 5.97 Å². The van der Waals surface area contributed by atoms with Crippen LogP contribution in [0.3, 0.4) is 0 Å². The van der Waals surface area contributed by atoms with Crippen molar-refractivity contribution in [3.8, 4) is 0 Å². The van der Waals surface area contributed by atoms with Gasteiger partial charge in [-0.1, -0.05) is 29.8 Å². The number of halogens is 1. The summed E-state index contributed by atoms with van der Waals surface area (Å²) in [6.45, 7) is 2.06. The molecule has 7 nitrogen and oxygen atoms in total. The molecule has 27 heavy (non-hydrogen) atoms. The number of anilines is 1. The second-order valence-electron chi connectivity index (χ2n) is 5.84. The van der Waals surface area contributed by atoms with Crippen LogP contribution in [0.25, 0.3) is 0 Å². The van der Waals surface area contributed by atoms with Gasteiger partial charge in [0.15, 0.2) is 6.10 Å². The van der Waals surface area contributed by atoms with Gasteiger partial charge in [0.05, 0.1) is 12.1 Å². The Balaban J connectivity index is 1.56. The number of benzene rings is 2. The average Bonchev–Trinajstić information content (AvgIpc) is 3.15. The zero-order valence-corrected chi connectivity index (χ0v) is 15.3. The minimum atomic E-state index is -0.952.